The van der Waals surface area contributed by atoms with E-state index in [1.165, 1.54) is 12.1 Å². The Balaban J connectivity index is 0.000000165. The fraction of sp³-hybridized carbons (Fsp3) is 0.128. The number of halogens is 9. The number of hydrogen-bond donors (Lipinski definition) is 0. The van der Waals surface area contributed by atoms with Crippen LogP contribution in [-0.2, 0) is 18.5 Å². The molecule has 0 atom stereocenters. The van der Waals surface area contributed by atoms with Gasteiger partial charge in [0, 0.05) is 65.3 Å². The van der Waals surface area contributed by atoms with Crippen molar-refractivity contribution in [2.24, 2.45) is 0 Å². The Bertz CT molecular complexity index is 5890. The van der Waals surface area contributed by atoms with Gasteiger partial charge in [-0.05, 0) is 220 Å². The summed E-state index contributed by atoms with van der Waals surface area (Å²) in [5.74, 6) is 0. The van der Waals surface area contributed by atoms with Crippen molar-refractivity contribution in [1.29, 1.82) is 5.26 Å². The minimum atomic E-state index is -4.83. The van der Waals surface area contributed by atoms with Crippen LogP contribution in [0.5, 0.6) is 0 Å². The van der Waals surface area contributed by atoms with Crippen molar-refractivity contribution in [1.82, 2.24) is 18.3 Å². The number of fused-ring (bicyclic) bond motifs is 12. The summed E-state index contributed by atoms with van der Waals surface area (Å²) in [4.78, 5) is 6.85. The predicted molar refractivity (Wildman–Crippen MR) is 391 cm³/mol. The first-order valence-electron chi connectivity index (χ1n) is 32.7. The molecule has 0 aliphatic rings. The number of benzene rings is 12. The lowest BCUT2D eigenvalue weighted by atomic mass is 9.95. The first kappa shape index (κ1) is 65.6. The van der Waals surface area contributed by atoms with E-state index in [4.69, 9.17) is 13.1 Å². The van der Waals surface area contributed by atoms with Crippen molar-refractivity contribution < 1.29 is 39.5 Å². The fourth-order valence-corrected chi connectivity index (χ4v) is 15.6. The minimum Gasteiger partial charge on any atom is -0.309 e. The number of aromatic nitrogens is 4. The van der Waals surface area contributed by atoms with Crippen LogP contribution in [0.1, 0.15) is 66.8 Å². The molecule has 500 valence electrons. The molecule has 12 aromatic carbocycles. The van der Waals surface area contributed by atoms with Crippen LogP contribution in [0.2, 0.25) is 0 Å². The molecule has 0 saturated heterocycles. The molecule has 0 aliphatic carbocycles. The number of hydrogen-bond acceptors (Lipinski definition) is 1. The van der Waals surface area contributed by atoms with Crippen molar-refractivity contribution in [2.75, 3.05) is 0 Å². The number of nitriles is 1. The smallest absolute Gasteiger partial charge is 0.309 e. The van der Waals surface area contributed by atoms with Gasteiger partial charge in [-0.25, -0.2) is 9.69 Å². The van der Waals surface area contributed by atoms with Gasteiger partial charge in [-0.15, -0.1) is 0 Å². The summed E-state index contributed by atoms with van der Waals surface area (Å²) in [5, 5.41) is 18.0. The van der Waals surface area contributed by atoms with Crippen molar-refractivity contribution >= 4 is 98.6 Å². The van der Waals surface area contributed by atoms with E-state index in [1.807, 2.05) is 201 Å². The highest BCUT2D eigenvalue weighted by atomic mass is 19.4. The Hall–Kier alpha value is -12.3. The molecule has 16 heteroatoms. The molecule has 0 unspecified atom stereocenters. The molecule has 16 rings (SSSR count). The number of alkyl halides is 9. The molecule has 0 bridgehead atoms. The monoisotopic (exact) mass is 1360 g/mol. The van der Waals surface area contributed by atoms with Gasteiger partial charge < -0.3 is 18.3 Å². The Morgan fingerprint density at radius 1 is 0.294 bits per heavy atom. The molecule has 0 amide bonds. The number of nitrogens with zero attached hydrogens (tertiary/aromatic N) is 7. The van der Waals surface area contributed by atoms with E-state index in [9.17, 15) is 31.6 Å². The van der Waals surface area contributed by atoms with Crippen LogP contribution >= 0.6 is 0 Å². The molecule has 102 heavy (non-hydrogen) atoms. The first-order valence-corrected chi connectivity index (χ1v) is 32.7. The minimum absolute atomic E-state index is 0.0339. The average molecular weight is 1360 g/mol. The third-order valence-electron chi connectivity index (χ3n) is 19.9. The highest BCUT2D eigenvalue weighted by molar-refractivity contribution is 6.17. The summed E-state index contributed by atoms with van der Waals surface area (Å²) in [5.41, 5.74) is 12.6. The molecule has 0 aliphatic heterocycles. The van der Waals surface area contributed by atoms with Gasteiger partial charge in [0.25, 0.3) is 0 Å². The molecule has 7 nitrogen and oxygen atoms in total. The average Bonchev–Trinajstić information content (AvgIpc) is 1.53. The molecular formula is C86H58F9N7. The van der Waals surface area contributed by atoms with Crippen LogP contribution in [0, 0.1) is 79.9 Å². The maximum absolute atomic E-state index is 15.2. The highest BCUT2D eigenvalue weighted by Crippen LogP contribution is 2.51. The molecule has 0 radical (unpaired) electrons. The number of aryl methyl sites for hydroxylation is 8. The summed E-state index contributed by atoms with van der Waals surface area (Å²) in [6, 6.07) is 60.8. The molecule has 0 saturated carbocycles. The van der Waals surface area contributed by atoms with E-state index < -0.39 is 35.2 Å². The van der Waals surface area contributed by atoms with Crippen LogP contribution in [-0.4, -0.2) is 18.3 Å². The molecule has 16 aromatic rings. The predicted octanol–water partition coefficient (Wildman–Crippen LogP) is 25.6. The van der Waals surface area contributed by atoms with E-state index in [0.717, 1.165) is 146 Å². The van der Waals surface area contributed by atoms with E-state index in [0.29, 0.717) is 44.6 Å². The SMILES string of the molecule is [C-]#[N+]c1cc(-c2c(-n3c4cccc(C)c4c4c(C)cccc43)cc(C#N)cc2-n2c3cccc(C)c3c3c(C)cccc32)cc(C(F)(F)F)c1.[C-]#[N+]c1cc(-c2c(-n3c4cccc(C)c4c4c(C)cccc43)cc(C(F)(F)F)cc2-n2c3cccc(C)c3c3c(C)cccc32)cc(C(F)(F)F)c1. The standard InChI is InChI=1S/C43H29F6N3.C43H29F3N4/c1-23-10-6-14-31-37(23)38-24(2)11-7-15-32(38)51(31)35-21-29(43(47,48)49)22-36(41(35)27-18-28(42(44,45)46)20-30(19-27)50-5)52-33-16-8-12-25(3)39(33)40-26(4)13-9-17-34(40)52;1-24-10-6-14-32-38(24)39-25(2)11-7-15-33(39)49(32)36-18-28(23-47)19-37(42(36)29-20-30(43(44,45)46)22-31(21-29)48-5)50-34-16-8-12-26(3)40(34)41-27(4)13-9-17-35(41)50/h6-22H,1-4H3;6-22H,1-4H3. The third kappa shape index (κ3) is 10.4. The van der Waals surface area contributed by atoms with Gasteiger partial charge in [-0.3, -0.25) is 0 Å². The molecule has 4 heterocycles. The van der Waals surface area contributed by atoms with Crippen LogP contribution in [0.15, 0.2) is 206 Å². The lowest BCUT2D eigenvalue weighted by molar-refractivity contribution is -0.138. The molecular weight excluding hydrogens is 1300 g/mol. The summed E-state index contributed by atoms with van der Waals surface area (Å²) >= 11 is 0. The zero-order valence-electron chi connectivity index (χ0n) is 56.2. The maximum Gasteiger partial charge on any atom is 0.416 e. The van der Waals surface area contributed by atoms with Gasteiger partial charge in [0.2, 0.25) is 0 Å². The van der Waals surface area contributed by atoms with Crippen molar-refractivity contribution in [3.05, 3.63) is 296 Å². The zero-order valence-corrected chi connectivity index (χ0v) is 56.2. The normalized spacial score (nSPS) is 12.1. The fourth-order valence-electron chi connectivity index (χ4n) is 15.6. The van der Waals surface area contributed by atoms with E-state index in [-0.39, 0.29) is 39.4 Å². The Morgan fingerprint density at radius 3 is 0.696 bits per heavy atom. The molecule has 0 fully saturated rings. The van der Waals surface area contributed by atoms with Crippen LogP contribution in [0.25, 0.3) is 142 Å². The number of rotatable bonds is 6. The van der Waals surface area contributed by atoms with Crippen LogP contribution in [0.3, 0.4) is 0 Å². The van der Waals surface area contributed by atoms with Gasteiger partial charge in [-0.2, -0.15) is 44.8 Å². The lowest BCUT2D eigenvalue weighted by Crippen LogP contribution is -2.12. The second kappa shape index (κ2) is 24.0. The van der Waals surface area contributed by atoms with Gasteiger partial charge in [0.15, 0.2) is 11.4 Å². The Kier molecular flexibility index (Phi) is 15.4. The van der Waals surface area contributed by atoms with E-state index in [1.54, 1.807) is 21.3 Å². The maximum atomic E-state index is 15.2. The highest BCUT2D eigenvalue weighted by Gasteiger charge is 2.38. The van der Waals surface area contributed by atoms with Gasteiger partial charge in [-0.1, -0.05) is 97.1 Å². The summed E-state index contributed by atoms with van der Waals surface area (Å²) in [6.45, 7) is 31.4. The van der Waals surface area contributed by atoms with E-state index in [2.05, 4.69) is 24.9 Å². The van der Waals surface area contributed by atoms with Crippen molar-refractivity contribution in [2.45, 2.75) is 73.9 Å². The van der Waals surface area contributed by atoms with Gasteiger partial charge in [0.05, 0.1) is 97.2 Å². The zero-order chi connectivity index (χ0) is 71.9. The third-order valence-corrected chi connectivity index (χ3v) is 19.9. The summed E-state index contributed by atoms with van der Waals surface area (Å²) in [7, 11) is 0. The second-order valence-electron chi connectivity index (χ2n) is 26.2. The quantitative estimate of drug-likeness (QED) is 0.121. The van der Waals surface area contributed by atoms with Crippen LogP contribution in [0.4, 0.5) is 50.9 Å². The molecule has 0 N–H and O–H groups in total. The van der Waals surface area contributed by atoms with E-state index >= 15 is 13.2 Å². The molecule has 0 spiro atoms. The largest absolute Gasteiger partial charge is 0.416 e. The first-order chi connectivity index (χ1) is 48.7. The molecule has 4 aromatic heterocycles. The summed E-state index contributed by atoms with van der Waals surface area (Å²) in [6.07, 6.45) is -14.3. The Labute approximate surface area is 579 Å². The van der Waals surface area contributed by atoms with Crippen LogP contribution < -0.4 is 0 Å². The van der Waals surface area contributed by atoms with Gasteiger partial charge >= 0.3 is 18.5 Å². The summed E-state index contributed by atoms with van der Waals surface area (Å²) < 4.78 is 140. The lowest BCUT2D eigenvalue weighted by Gasteiger charge is -2.23. The second-order valence-corrected chi connectivity index (χ2v) is 26.2. The van der Waals surface area contributed by atoms with Crippen molar-refractivity contribution in [3.63, 3.8) is 0 Å². The topological polar surface area (TPSA) is 52.2 Å². The van der Waals surface area contributed by atoms with Crippen molar-refractivity contribution in [3.8, 4) is 51.1 Å². The Morgan fingerprint density at radius 2 is 0.500 bits per heavy atom. The van der Waals surface area contributed by atoms with Gasteiger partial charge in [0.1, 0.15) is 0 Å².